The molecule has 0 fully saturated rings. The van der Waals surface area contributed by atoms with Crippen molar-refractivity contribution < 1.29 is 4.74 Å². The van der Waals surface area contributed by atoms with Gasteiger partial charge in [0.15, 0.2) is 6.73 Å². The van der Waals surface area contributed by atoms with E-state index in [-0.39, 0.29) is 0 Å². The van der Waals surface area contributed by atoms with Gasteiger partial charge in [0.1, 0.15) is 5.76 Å². The second-order valence-corrected chi connectivity index (χ2v) is 3.39. The maximum Gasteiger partial charge on any atom is 0.161 e. The van der Waals surface area contributed by atoms with E-state index in [2.05, 4.69) is 25.1 Å². The average Bonchev–Trinajstić information content (AvgIpc) is 2.52. The highest BCUT2D eigenvalue weighted by Crippen LogP contribution is 2.21. The minimum atomic E-state index is 0.656. The quantitative estimate of drug-likeness (QED) is 0.649. The summed E-state index contributed by atoms with van der Waals surface area (Å²) in [6, 6.07) is 8.33. The molecule has 0 aromatic heterocycles. The predicted octanol–water partition coefficient (Wildman–Crippen LogP) is 2.21. The van der Waals surface area contributed by atoms with Crippen LogP contribution in [0.15, 0.2) is 30.5 Å². The fourth-order valence-corrected chi connectivity index (χ4v) is 1.40. The van der Waals surface area contributed by atoms with Crippen molar-refractivity contribution in [1.29, 1.82) is 0 Å². The summed E-state index contributed by atoms with van der Waals surface area (Å²) in [4.78, 5) is 2.03. The van der Waals surface area contributed by atoms with Crippen LogP contribution in [0.2, 0.25) is 0 Å². The highest BCUT2D eigenvalue weighted by Gasteiger charge is 2.10. The van der Waals surface area contributed by atoms with Gasteiger partial charge in [-0.15, -0.1) is 0 Å². The van der Waals surface area contributed by atoms with Gasteiger partial charge in [0, 0.05) is 18.8 Å². The van der Waals surface area contributed by atoms with Crippen molar-refractivity contribution in [2.24, 2.45) is 0 Å². The Kier molecular flexibility index (Phi) is 1.97. The molecule has 0 amide bonds. The topological polar surface area (TPSA) is 12.5 Å². The molecule has 0 saturated heterocycles. The molecule has 2 nitrogen and oxygen atoms in total. The Labute approximate surface area is 78.4 Å². The molecular weight excluding hydrogens is 162 g/mol. The molecule has 1 aliphatic rings. The van der Waals surface area contributed by atoms with Gasteiger partial charge in [0.05, 0.1) is 0 Å². The Morgan fingerprint density at radius 3 is 2.85 bits per heavy atom. The van der Waals surface area contributed by atoms with Crippen LogP contribution in [0, 0.1) is 6.92 Å². The number of benzene rings is 1. The zero-order valence-electron chi connectivity index (χ0n) is 7.95. The Morgan fingerprint density at radius 1 is 1.38 bits per heavy atom. The third-order valence-corrected chi connectivity index (χ3v) is 2.06. The van der Waals surface area contributed by atoms with Crippen molar-refractivity contribution in [2.75, 3.05) is 13.8 Å². The lowest BCUT2D eigenvalue weighted by molar-refractivity contribution is 0.207. The minimum absolute atomic E-state index is 0.656. The Bertz CT molecular complexity index is 344. The molecule has 0 bridgehead atoms. The maximum atomic E-state index is 5.49. The number of hydrogen-bond acceptors (Lipinski definition) is 2. The zero-order valence-corrected chi connectivity index (χ0v) is 7.95. The molecular formula is C11H13NO. The first-order valence-corrected chi connectivity index (χ1v) is 4.37. The molecule has 2 rings (SSSR count). The Hall–Kier alpha value is -1.44. The largest absolute Gasteiger partial charge is 0.471 e. The highest BCUT2D eigenvalue weighted by atomic mass is 16.5. The van der Waals surface area contributed by atoms with E-state index in [1.54, 1.807) is 0 Å². The number of hydrogen-bond donors (Lipinski definition) is 0. The van der Waals surface area contributed by atoms with Gasteiger partial charge >= 0.3 is 0 Å². The van der Waals surface area contributed by atoms with Gasteiger partial charge in [-0.2, -0.15) is 0 Å². The summed E-state index contributed by atoms with van der Waals surface area (Å²) >= 11 is 0. The second-order valence-electron chi connectivity index (χ2n) is 3.39. The summed E-state index contributed by atoms with van der Waals surface area (Å²) < 4.78 is 5.49. The Morgan fingerprint density at radius 2 is 2.23 bits per heavy atom. The summed E-state index contributed by atoms with van der Waals surface area (Å²) in [7, 11) is 2.00. The highest BCUT2D eigenvalue weighted by molar-refractivity contribution is 5.61. The molecule has 1 heterocycles. The van der Waals surface area contributed by atoms with Crippen molar-refractivity contribution in [3.05, 3.63) is 41.6 Å². The number of aryl methyl sites for hydroxylation is 1. The van der Waals surface area contributed by atoms with E-state index in [1.165, 1.54) is 5.56 Å². The van der Waals surface area contributed by atoms with Crippen molar-refractivity contribution in [3.8, 4) is 0 Å². The van der Waals surface area contributed by atoms with Crippen LogP contribution in [-0.4, -0.2) is 18.7 Å². The summed E-state index contributed by atoms with van der Waals surface area (Å²) in [6.45, 7) is 2.74. The van der Waals surface area contributed by atoms with Crippen LogP contribution in [-0.2, 0) is 4.74 Å². The van der Waals surface area contributed by atoms with E-state index in [0.717, 1.165) is 11.3 Å². The summed E-state index contributed by atoms with van der Waals surface area (Å²) in [5.74, 6) is 0.964. The molecule has 13 heavy (non-hydrogen) atoms. The molecule has 0 spiro atoms. The third kappa shape index (κ3) is 1.66. The van der Waals surface area contributed by atoms with E-state index in [1.807, 2.05) is 24.2 Å². The van der Waals surface area contributed by atoms with Crippen LogP contribution < -0.4 is 0 Å². The van der Waals surface area contributed by atoms with Crippen LogP contribution in [0.1, 0.15) is 11.1 Å². The summed E-state index contributed by atoms with van der Waals surface area (Å²) in [5.41, 5.74) is 2.42. The van der Waals surface area contributed by atoms with Crippen LogP contribution >= 0.6 is 0 Å². The molecule has 0 aliphatic carbocycles. The molecule has 1 aromatic rings. The van der Waals surface area contributed by atoms with Crippen LogP contribution in [0.4, 0.5) is 0 Å². The lowest BCUT2D eigenvalue weighted by Crippen LogP contribution is -2.06. The molecule has 0 radical (unpaired) electrons. The molecule has 0 atom stereocenters. The van der Waals surface area contributed by atoms with Crippen molar-refractivity contribution >= 4 is 5.76 Å². The number of ether oxygens (including phenoxy) is 1. The van der Waals surface area contributed by atoms with Crippen molar-refractivity contribution in [2.45, 2.75) is 6.92 Å². The lowest BCUT2D eigenvalue weighted by Gasteiger charge is -2.03. The average molecular weight is 175 g/mol. The monoisotopic (exact) mass is 175 g/mol. The summed E-state index contributed by atoms with van der Waals surface area (Å²) in [5, 5.41) is 0. The first kappa shape index (κ1) is 8.17. The Balaban J connectivity index is 2.31. The van der Waals surface area contributed by atoms with Crippen LogP contribution in [0.25, 0.3) is 5.76 Å². The normalized spacial score (nSPS) is 15.5. The van der Waals surface area contributed by atoms with E-state index in [9.17, 15) is 0 Å². The van der Waals surface area contributed by atoms with Gasteiger partial charge in [0.2, 0.25) is 0 Å². The SMILES string of the molecule is Cc1cccc(C2=CN(C)CO2)c1. The second kappa shape index (κ2) is 3.13. The molecule has 68 valence electrons. The van der Waals surface area contributed by atoms with Crippen molar-refractivity contribution in [3.63, 3.8) is 0 Å². The maximum absolute atomic E-state index is 5.49. The smallest absolute Gasteiger partial charge is 0.161 e. The van der Waals surface area contributed by atoms with Gasteiger partial charge < -0.3 is 9.64 Å². The number of rotatable bonds is 1. The number of nitrogens with zero attached hydrogens (tertiary/aromatic N) is 1. The van der Waals surface area contributed by atoms with E-state index in [0.29, 0.717) is 6.73 Å². The van der Waals surface area contributed by atoms with E-state index >= 15 is 0 Å². The fraction of sp³-hybridized carbons (Fsp3) is 0.273. The standard InChI is InChI=1S/C11H13NO/c1-9-4-3-5-10(6-9)11-7-12(2)8-13-11/h3-7H,8H2,1-2H3. The molecule has 1 aromatic carbocycles. The van der Waals surface area contributed by atoms with Gasteiger partial charge in [-0.05, 0) is 13.0 Å². The van der Waals surface area contributed by atoms with Gasteiger partial charge in [0.25, 0.3) is 0 Å². The minimum Gasteiger partial charge on any atom is -0.471 e. The first-order chi connectivity index (χ1) is 6.25. The zero-order chi connectivity index (χ0) is 9.26. The molecule has 1 aliphatic heterocycles. The molecule has 2 heteroatoms. The third-order valence-electron chi connectivity index (χ3n) is 2.06. The van der Waals surface area contributed by atoms with E-state index in [4.69, 9.17) is 4.74 Å². The van der Waals surface area contributed by atoms with Gasteiger partial charge in [-0.1, -0.05) is 23.8 Å². The fourth-order valence-electron chi connectivity index (χ4n) is 1.40. The van der Waals surface area contributed by atoms with Crippen molar-refractivity contribution in [1.82, 2.24) is 4.90 Å². The van der Waals surface area contributed by atoms with Crippen LogP contribution in [0.3, 0.4) is 0 Å². The molecule has 0 unspecified atom stereocenters. The predicted molar refractivity (Wildman–Crippen MR) is 52.9 cm³/mol. The van der Waals surface area contributed by atoms with Gasteiger partial charge in [-0.25, -0.2) is 0 Å². The molecule has 0 N–H and O–H groups in total. The molecule has 0 saturated carbocycles. The lowest BCUT2D eigenvalue weighted by atomic mass is 10.1. The van der Waals surface area contributed by atoms with Crippen LogP contribution in [0.5, 0.6) is 0 Å². The van der Waals surface area contributed by atoms with Gasteiger partial charge in [-0.3, -0.25) is 0 Å². The van der Waals surface area contributed by atoms with E-state index < -0.39 is 0 Å². The first-order valence-electron chi connectivity index (χ1n) is 4.37. The summed E-state index contributed by atoms with van der Waals surface area (Å²) in [6.07, 6.45) is 2.02.